The van der Waals surface area contributed by atoms with Gasteiger partial charge in [-0.1, -0.05) is 38.3 Å². The molecule has 45 heavy (non-hydrogen) atoms. The third kappa shape index (κ3) is 13.8. The minimum absolute atomic E-state index is 0.0930. The van der Waals surface area contributed by atoms with Gasteiger partial charge in [0.2, 0.25) is 0 Å². The highest BCUT2D eigenvalue weighted by atomic mass is 32.2. The second kappa shape index (κ2) is 17.6. The molecule has 0 spiro atoms. The van der Waals surface area contributed by atoms with Crippen LogP contribution in [0.1, 0.15) is 58.9 Å². The highest BCUT2D eigenvalue weighted by Crippen LogP contribution is 2.22. The van der Waals surface area contributed by atoms with Crippen LogP contribution in [0.2, 0.25) is 0 Å². The first-order valence-corrected chi connectivity index (χ1v) is 17.0. The number of hydrogen-bond acceptors (Lipinski definition) is 7. The Morgan fingerprint density at radius 2 is 1.49 bits per heavy atom. The van der Waals surface area contributed by atoms with E-state index < -0.39 is 16.1 Å². The first-order chi connectivity index (χ1) is 21.4. The molecular formula is C34H48N4O6S. The smallest absolute Gasteiger partial charge is 0.319 e. The summed E-state index contributed by atoms with van der Waals surface area (Å²) in [5.41, 5.74) is 1.70. The van der Waals surface area contributed by atoms with Gasteiger partial charge in [0.25, 0.3) is 10.0 Å². The molecule has 0 saturated heterocycles. The van der Waals surface area contributed by atoms with Gasteiger partial charge >= 0.3 is 6.03 Å². The molecule has 0 bridgehead atoms. The average molecular weight is 641 g/mol. The van der Waals surface area contributed by atoms with E-state index in [2.05, 4.69) is 27.6 Å². The number of benzene rings is 3. The van der Waals surface area contributed by atoms with Crippen molar-refractivity contribution in [3.05, 3.63) is 78.4 Å². The standard InChI is InChI=1S/C34H48N4O6S/c1-5-6-7-8-22-36-33(40)37-27-13-19-32(20-14-27)45(41,42)38-28-11-9-26(10-12-28)21-23-35-24-29(39)25-43-30-15-17-31(18-16-30)44-34(2,3)4/h9-20,29,35,38-39H,5-8,21-25H2,1-4H3,(H2,36,37,40). The Morgan fingerprint density at radius 3 is 2.13 bits per heavy atom. The van der Waals surface area contributed by atoms with Crippen LogP contribution in [0.5, 0.6) is 11.5 Å². The first kappa shape index (κ1) is 35.7. The molecule has 1 unspecified atom stereocenters. The molecular weight excluding hydrogens is 592 g/mol. The third-order valence-corrected chi connectivity index (χ3v) is 8.00. The number of ether oxygens (including phenoxy) is 2. The second-order valence-electron chi connectivity index (χ2n) is 11.9. The van der Waals surface area contributed by atoms with Crippen LogP contribution < -0.4 is 30.1 Å². The number of aliphatic hydroxyl groups excluding tert-OH is 1. The molecule has 0 fully saturated rings. The van der Waals surface area contributed by atoms with E-state index in [4.69, 9.17) is 9.47 Å². The summed E-state index contributed by atoms with van der Waals surface area (Å²) in [4.78, 5) is 12.1. The van der Waals surface area contributed by atoms with Gasteiger partial charge in [0.15, 0.2) is 0 Å². The molecule has 11 heteroatoms. The van der Waals surface area contributed by atoms with Crippen molar-refractivity contribution >= 4 is 27.4 Å². The van der Waals surface area contributed by atoms with Crippen molar-refractivity contribution in [3.63, 3.8) is 0 Å². The van der Waals surface area contributed by atoms with Gasteiger partial charge in [-0.25, -0.2) is 13.2 Å². The van der Waals surface area contributed by atoms with Crippen molar-refractivity contribution in [2.45, 2.75) is 76.4 Å². The van der Waals surface area contributed by atoms with Crippen LogP contribution in [0, 0.1) is 0 Å². The number of carbonyl (C=O) groups is 1. The molecule has 0 aliphatic heterocycles. The lowest BCUT2D eigenvalue weighted by Gasteiger charge is -2.21. The van der Waals surface area contributed by atoms with Crippen molar-refractivity contribution in [1.29, 1.82) is 0 Å². The lowest BCUT2D eigenvalue weighted by molar-refractivity contribution is 0.106. The monoisotopic (exact) mass is 640 g/mol. The maximum atomic E-state index is 12.9. The molecule has 246 valence electrons. The average Bonchev–Trinajstić information content (AvgIpc) is 2.99. The summed E-state index contributed by atoms with van der Waals surface area (Å²) in [6.45, 7) is 9.87. The zero-order valence-corrected chi connectivity index (χ0v) is 27.6. The highest BCUT2D eigenvalue weighted by molar-refractivity contribution is 7.92. The van der Waals surface area contributed by atoms with Crippen molar-refractivity contribution < 1.29 is 27.8 Å². The molecule has 1 atom stereocenters. The molecule has 0 heterocycles. The zero-order valence-electron chi connectivity index (χ0n) is 26.8. The van der Waals surface area contributed by atoms with Crippen molar-refractivity contribution in [2.24, 2.45) is 0 Å². The van der Waals surface area contributed by atoms with Gasteiger partial charge in [0.1, 0.15) is 29.8 Å². The lowest BCUT2D eigenvalue weighted by atomic mass is 10.1. The van der Waals surface area contributed by atoms with E-state index >= 15 is 0 Å². The Bertz CT molecular complexity index is 1410. The van der Waals surface area contributed by atoms with E-state index in [0.717, 1.165) is 37.0 Å². The topological polar surface area (TPSA) is 138 Å². The van der Waals surface area contributed by atoms with Gasteiger partial charge < -0.3 is 30.5 Å². The Kier molecular flexibility index (Phi) is 14.0. The van der Waals surface area contributed by atoms with Crippen LogP contribution in [-0.4, -0.2) is 57.5 Å². The predicted octanol–water partition coefficient (Wildman–Crippen LogP) is 5.94. The quantitative estimate of drug-likeness (QED) is 0.109. The fourth-order valence-electron chi connectivity index (χ4n) is 4.31. The molecule has 0 aliphatic rings. The van der Waals surface area contributed by atoms with Gasteiger partial charge in [0.05, 0.1) is 4.90 Å². The number of anilines is 2. The number of sulfonamides is 1. The largest absolute Gasteiger partial charge is 0.491 e. The van der Waals surface area contributed by atoms with Gasteiger partial charge in [-0.15, -0.1) is 0 Å². The molecule has 5 N–H and O–H groups in total. The van der Waals surface area contributed by atoms with E-state index in [-0.39, 0.29) is 23.1 Å². The Labute approximate surface area is 268 Å². The van der Waals surface area contributed by atoms with Gasteiger partial charge in [0, 0.05) is 24.5 Å². The lowest BCUT2D eigenvalue weighted by Crippen LogP contribution is -2.32. The molecule has 0 aromatic heterocycles. The van der Waals surface area contributed by atoms with Gasteiger partial charge in [-0.05, 0) is 106 Å². The van der Waals surface area contributed by atoms with E-state index in [1.807, 2.05) is 57.2 Å². The highest BCUT2D eigenvalue weighted by Gasteiger charge is 2.15. The maximum Gasteiger partial charge on any atom is 0.319 e. The summed E-state index contributed by atoms with van der Waals surface area (Å²) in [5, 5.41) is 19.0. The molecule has 2 amide bonds. The Hall–Kier alpha value is -3.80. The van der Waals surface area contributed by atoms with Crippen LogP contribution >= 0.6 is 0 Å². The van der Waals surface area contributed by atoms with E-state index in [9.17, 15) is 18.3 Å². The SMILES string of the molecule is CCCCCCNC(=O)Nc1ccc(S(=O)(=O)Nc2ccc(CCNCC(O)COc3ccc(OC(C)(C)C)cc3)cc2)cc1. The van der Waals surface area contributed by atoms with Crippen LogP contribution in [0.25, 0.3) is 0 Å². The number of amides is 2. The molecule has 0 radical (unpaired) electrons. The maximum absolute atomic E-state index is 12.9. The summed E-state index contributed by atoms with van der Waals surface area (Å²) in [6, 6.07) is 20.2. The van der Waals surface area contributed by atoms with E-state index in [0.29, 0.717) is 43.2 Å². The molecule has 3 aromatic rings. The minimum atomic E-state index is -3.80. The van der Waals surface area contributed by atoms with Crippen molar-refractivity contribution in [2.75, 3.05) is 36.3 Å². The molecule has 0 saturated carbocycles. The van der Waals surface area contributed by atoms with Crippen LogP contribution in [0.3, 0.4) is 0 Å². The summed E-state index contributed by atoms with van der Waals surface area (Å²) in [6.07, 6.45) is 4.31. The Morgan fingerprint density at radius 1 is 0.844 bits per heavy atom. The second-order valence-corrected chi connectivity index (χ2v) is 13.6. The van der Waals surface area contributed by atoms with Crippen molar-refractivity contribution in [3.8, 4) is 11.5 Å². The summed E-state index contributed by atoms with van der Waals surface area (Å²) < 4.78 is 39.8. The number of aliphatic hydroxyl groups is 1. The number of hydrogen-bond donors (Lipinski definition) is 5. The fraction of sp³-hybridized carbons (Fsp3) is 0.441. The normalized spacial score (nSPS) is 12.3. The molecule has 10 nitrogen and oxygen atoms in total. The number of urea groups is 1. The van der Waals surface area contributed by atoms with E-state index in [1.54, 1.807) is 24.3 Å². The molecule has 0 aliphatic carbocycles. The number of carbonyl (C=O) groups excluding carboxylic acids is 1. The van der Waals surface area contributed by atoms with Crippen molar-refractivity contribution in [1.82, 2.24) is 10.6 Å². The van der Waals surface area contributed by atoms with E-state index in [1.165, 1.54) is 12.1 Å². The predicted molar refractivity (Wildman–Crippen MR) is 180 cm³/mol. The number of unbranched alkanes of at least 4 members (excludes halogenated alkanes) is 3. The van der Waals surface area contributed by atoms with Crippen LogP contribution in [0.15, 0.2) is 77.7 Å². The van der Waals surface area contributed by atoms with Crippen LogP contribution in [0.4, 0.5) is 16.2 Å². The Balaban J connectivity index is 1.35. The summed E-state index contributed by atoms with van der Waals surface area (Å²) >= 11 is 0. The number of nitrogens with one attached hydrogen (secondary N) is 4. The molecule has 3 rings (SSSR count). The fourth-order valence-corrected chi connectivity index (χ4v) is 5.37. The zero-order chi connectivity index (χ0) is 32.7. The van der Waals surface area contributed by atoms with Gasteiger partial charge in [-0.3, -0.25) is 4.72 Å². The summed E-state index contributed by atoms with van der Waals surface area (Å²) in [5.74, 6) is 1.42. The van der Waals surface area contributed by atoms with Crippen LogP contribution in [-0.2, 0) is 16.4 Å². The molecule has 3 aromatic carbocycles. The van der Waals surface area contributed by atoms with Gasteiger partial charge in [-0.2, -0.15) is 0 Å². The minimum Gasteiger partial charge on any atom is -0.491 e. The number of rotatable bonds is 18. The third-order valence-electron chi connectivity index (χ3n) is 6.61. The summed E-state index contributed by atoms with van der Waals surface area (Å²) in [7, 11) is -3.80. The first-order valence-electron chi connectivity index (χ1n) is 15.5.